The van der Waals surface area contributed by atoms with E-state index in [-0.39, 0.29) is 16.8 Å². The standard InChI is InChI=1S/C15H24N4O4S/c1-10(16-4)9-17-15(21)11(2)19-24(22,23)14-7-5-13(6-8-14)18-12(3)20/h5-8,10-11,16,19H,9H2,1-4H3,(H,17,21)(H,18,20). The Kier molecular flexibility index (Phi) is 7.33. The van der Waals surface area contributed by atoms with Crippen molar-refractivity contribution in [2.24, 2.45) is 0 Å². The van der Waals surface area contributed by atoms with Crippen LogP contribution in [-0.2, 0) is 19.6 Å². The second kappa shape index (κ2) is 8.76. The zero-order valence-electron chi connectivity index (χ0n) is 14.2. The van der Waals surface area contributed by atoms with E-state index in [1.807, 2.05) is 6.92 Å². The number of carbonyl (C=O) groups is 2. The lowest BCUT2D eigenvalue weighted by atomic mass is 10.3. The Bertz CT molecular complexity index is 673. The zero-order chi connectivity index (χ0) is 18.3. The van der Waals surface area contributed by atoms with Crippen molar-refractivity contribution < 1.29 is 18.0 Å². The number of hydrogen-bond acceptors (Lipinski definition) is 5. The summed E-state index contributed by atoms with van der Waals surface area (Å²) in [6, 6.07) is 4.86. The molecule has 2 amide bonds. The van der Waals surface area contributed by atoms with E-state index in [0.29, 0.717) is 12.2 Å². The molecule has 0 spiro atoms. The van der Waals surface area contributed by atoms with Gasteiger partial charge in [-0.3, -0.25) is 9.59 Å². The van der Waals surface area contributed by atoms with E-state index in [0.717, 1.165) is 0 Å². The number of nitrogens with one attached hydrogen (secondary N) is 4. The monoisotopic (exact) mass is 356 g/mol. The van der Waals surface area contributed by atoms with Gasteiger partial charge in [-0.1, -0.05) is 0 Å². The first-order valence-electron chi connectivity index (χ1n) is 7.50. The summed E-state index contributed by atoms with van der Waals surface area (Å²) in [7, 11) is -2.06. The predicted molar refractivity (Wildman–Crippen MR) is 92.1 cm³/mol. The molecule has 8 nitrogen and oxygen atoms in total. The summed E-state index contributed by atoms with van der Waals surface area (Å²) < 4.78 is 26.9. The largest absolute Gasteiger partial charge is 0.353 e. The van der Waals surface area contributed by atoms with Crippen LogP contribution in [-0.4, -0.2) is 45.9 Å². The van der Waals surface area contributed by atoms with Crippen LogP contribution in [0.3, 0.4) is 0 Å². The minimum atomic E-state index is -3.83. The van der Waals surface area contributed by atoms with Crippen LogP contribution in [0.1, 0.15) is 20.8 Å². The van der Waals surface area contributed by atoms with E-state index in [1.54, 1.807) is 7.05 Å². The predicted octanol–water partition coefficient (Wildman–Crippen LogP) is 0.0359. The van der Waals surface area contributed by atoms with Gasteiger partial charge in [0.1, 0.15) is 0 Å². The van der Waals surface area contributed by atoms with E-state index in [9.17, 15) is 18.0 Å². The number of sulfonamides is 1. The van der Waals surface area contributed by atoms with Gasteiger partial charge in [-0.2, -0.15) is 4.72 Å². The molecule has 0 saturated carbocycles. The minimum Gasteiger partial charge on any atom is -0.353 e. The van der Waals surface area contributed by atoms with Gasteiger partial charge in [0.2, 0.25) is 21.8 Å². The number of rotatable bonds is 8. The highest BCUT2D eigenvalue weighted by Gasteiger charge is 2.22. The van der Waals surface area contributed by atoms with Crippen LogP contribution >= 0.6 is 0 Å². The van der Waals surface area contributed by atoms with E-state index in [1.165, 1.54) is 38.1 Å². The Morgan fingerprint density at radius 3 is 2.21 bits per heavy atom. The molecule has 0 aliphatic heterocycles. The number of likely N-dealkylation sites (N-methyl/N-ethyl adjacent to an activating group) is 1. The Morgan fingerprint density at radius 1 is 1.12 bits per heavy atom. The molecule has 1 aromatic carbocycles. The number of hydrogen-bond donors (Lipinski definition) is 4. The van der Waals surface area contributed by atoms with Gasteiger partial charge in [-0.15, -0.1) is 0 Å². The zero-order valence-corrected chi connectivity index (χ0v) is 15.0. The molecule has 0 fully saturated rings. The summed E-state index contributed by atoms with van der Waals surface area (Å²) in [5, 5.41) is 8.18. The summed E-state index contributed by atoms with van der Waals surface area (Å²) >= 11 is 0. The van der Waals surface area contributed by atoms with Crippen LogP contribution < -0.4 is 20.7 Å². The molecular weight excluding hydrogens is 332 g/mol. The molecule has 2 atom stereocenters. The maximum Gasteiger partial charge on any atom is 0.241 e. The normalized spacial score (nSPS) is 13.8. The van der Waals surface area contributed by atoms with Crippen molar-refractivity contribution in [3.8, 4) is 0 Å². The second-order valence-corrected chi connectivity index (χ2v) is 7.20. The van der Waals surface area contributed by atoms with E-state index < -0.39 is 22.0 Å². The van der Waals surface area contributed by atoms with Crippen molar-refractivity contribution in [1.29, 1.82) is 0 Å². The first-order chi connectivity index (χ1) is 11.2. The third-order valence-corrected chi connectivity index (χ3v) is 4.84. The maximum absolute atomic E-state index is 12.3. The third kappa shape index (κ3) is 6.26. The van der Waals surface area contributed by atoms with Gasteiger partial charge in [0.05, 0.1) is 10.9 Å². The van der Waals surface area contributed by atoms with Crippen LogP contribution in [0.5, 0.6) is 0 Å². The molecule has 1 aromatic rings. The summed E-state index contributed by atoms with van der Waals surface area (Å²) in [4.78, 5) is 22.9. The third-order valence-electron chi connectivity index (χ3n) is 3.29. The Balaban J connectivity index is 2.71. The summed E-state index contributed by atoms with van der Waals surface area (Å²) in [5.41, 5.74) is 0.494. The van der Waals surface area contributed by atoms with Gasteiger partial charge < -0.3 is 16.0 Å². The van der Waals surface area contributed by atoms with Crippen molar-refractivity contribution >= 4 is 27.5 Å². The Labute approximate surface area is 142 Å². The molecule has 0 heterocycles. The smallest absolute Gasteiger partial charge is 0.241 e. The molecule has 9 heteroatoms. The molecule has 0 aliphatic rings. The van der Waals surface area contributed by atoms with Crippen molar-refractivity contribution in [3.63, 3.8) is 0 Å². The first kappa shape index (κ1) is 20.1. The lowest BCUT2D eigenvalue weighted by Crippen LogP contribution is -2.47. The molecule has 24 heavy (non-hydrogen) atoms. The topological polar surface area (TPSA) is 116 Å². The quantitative estimate of drug-likeness (QED) is 0.525. The van der Waals surface area contributed by atoms with Crippen LogP contribution in [0.4, 0.5) is 5.69 Å². The fraction of sp³-hybridized carbons (Fsp3) is 0.467. The summed E-state index contributed by atoms with van der Waals surface area (Å²) in [6.07, 6.45) is 0. The fourth-order valence-electron chi connectivity index (χ4n) is 1.78. The van der Waals surface area contributed by atoms with Crippen molar-refractivity contribution in [2.75, 3.05) is 18.9 Å². The highest BCUT2D eigenvalue weighted by molar-refractivity contribution is 7.89. The first-order valence-corrected chi connectivity index (χ1v) is 8.99. The van der Waals surface area contributed by atoms with Crippen molar-refractivity contribution in [1.82, 2.24) is 15.4 Å². The highest BCUT2D eigenvalue weighted by atomic mass is 32.2. The van der Waals surface area contributed by atoms with E-state index in [2.05, 4.69) is 20.7 Å². The molecule has 4 N–H and O–H groups in total. The van der Waals surface area contributed by atoms with Crippen LogP contribution in [0.2, 0.25) is 0 Å². The lowest BCUT2D eigenvalue weighted by molar-refractivity contribution is -0.122. The Morgan fingerprint density at radius 2 is 1.71 bits per heavy atom. The molecule has 0 aromatic heterocycles. The maximum atomic E-state index is 12.3. The van der Waals surface area contributed by atoms with Gasteiger partial charge in [-0.25, -0.2) is 8.42 Å². The van der Waals surface area contributed by atoms with Gasteiger partial charge in [0, 0.05) is 25.2 Å². The molecule has 0 bridgehead atoms. The molecule has 0 saturated heterocycles. The van der Waals surface area contributed by atoms with Gasteiger partial charge >= 0.3 is 0 Å². The average molecular weight is 356 g/mol. The van der Waals surface area contributed by atoms with Gasteiger partial charge in [0.25, 0.3) is 0 Å². The van der Waals surface area contributed by atoms with Crippen molar-refractivity contribution in [3.05, 3.63) is 24.3 Å². The van der Waals surface area contributed by atoms with Crippen molar-refractivity contribution in [2.45, 2.75) is 37.8 Å². The SMILES string of the molecule is CNC(C)CNC(=O)C(C)NS(=O)(=O)c1ccc(NC(C)=O)cc1. The molecule has 2 unspecified atom stereocenters. The number of benzene rings is 1. The van der Waals surface area contributed by atoms with E-state index in [4.69, 9.17) is 0 Å². The molecule has 134 valence electrons. The molecular formula is C15H24N4O4S. The van der Waals surface area contributed by atoms with Crippen LogP contribution in [0.25, 0.3) is 0 Å². The fourth-order valence-corrected chi connectivity index (χ4v) is 2.99. The Hall–Kier alpha value is -1.97. The second-order valence-electron chi connectivity index (χ2n) is 5.48. The van der Waals surface area contributed by atoms with E-state index >= 15 is 0 Å². The number of amides is 2. The lowest BCUT2D eigenvalue weighted by Gasteiger charge is -2.16. The number of anilines is 1. The van der Waals surface area contributed by atoms with Crippen LogP contribution in [0.15, 0.2) is 29.2 Å². The van der Waals surface area contributed by atoms with Gasteiger partial charge in [0.15, 0.2) is 0 Å². The molecule has 0 radical (unpaired) electrons. The number of carbonyl (C=O) groups excluding carboxylic acids is 2. The average Bonchev–Trinajstić information content (AvgIpc) is 2.51. The van der Waals surface area contributed by atoms with Crippen LogP contribution in [0, 0.1) is 0 Å². The molecule has 1 rings (SSSR count). The molecule has 0 aliphatic carbocycles. The summed E-state index contributed by atoms with van der Waals surface area (Å²) in [5.74, 6) is -0.652. The highest BCUT2D eigenvalue weighted by Crippen LogP contribution is 2.14. The van der Waals surface area contributed by atoms with Gasteiger partial charge in [-0.05, 0) is 45.2 Å². The minimum absolute atomic E-state index is 0.0137. The summed E-state index contributed by atoms with van der Waals surface area (Å²) in [6.45, 7) is 5.13.